The van der Waals surface area contributed by atoms with Crippen molar-refractivity contribution < 1.29 is 8.78 Å². The van der Waals surface area contributed by atoms with Crippen LogP contribution in [0.15, 0.2) is 23.6 Å². The highest BCUT2D eigenvalue weighted by Gasteiger charge is 2.32. The number of rotatable bonds is 2. The van der Waals surface area contributed by atoms with Crippen LogP contribution in [0.1, 0.15) is 37.1 Å². The van der Waals surface area contributed by atoms with Gasteiger partial charge in [-0.2, -0.15) is 0 Å². The van der Waals surface area contributed by atoms with E-state index < -0.39 is 11.6 Å². The van der Waals surface area contributed by atoms with Gasteiger partial charge < -0.3 is 5.73 Å². The van der Waals surface area contributed by atoms with Gasteiger partial charge in [-0.3, -0.25) is 0 Å². The SMILES string of the molecule is NC1(c2nc(-c3ccc(F)cc3F)cs2)CCCCC1. The Morgan fingerprint density at radius 1 is 1.15 bits per heavy atom. The Hall–Kier alpha value is -1.33. The summed E-state index contributed by atoms with van der Waals surface area (Å²) in [6.45, 7) is 0. The first kappa shape index (κ1) is 13.6. The molecule has 2 nitrogen and oxygen atoms in total. The molecule has 0 radical (unpaired) electrons. The molecule has 1 aliphatic rings. The second-order valence-corrected chi connectivity index (χ2v) is 6.24. The smallest absolute Gasteiger partial charge is 0.135 e. The fourth-order valence-corrected chi connectivity index (χ4v) is 3.71. The van der Waals surface area contributed by atoms with Gasteiger partial charge in [-0.05, 0) is 25.0 Å². The molecule has 5 heteroatoms. The van der Waals surface area contributed by atoms with Gasteiger partial charge in [0.2, 0.25) is 0 Å². The average molecular weight is 294 g/mol. The monoisotopic (exact) mass is 294 g/mol. The van der Waals surface area contributed by atoms with Crippen molar-refractivity contribution in [3.63, 3.8) is 0 Å². The van der Waals surface area contributed by atoms with E-state index in [1.54, 1.807) is 5.38 Å². The highest BCUT2D eigenvalue weighted by atomic mass is 32.1. The van der Waals surface area contributed by atoms with Crippen LogP contribution >= 0.6 is 11.3 Å². The summed E-state index contributed by atoms with van der Waals surface area (Å²) < 4.78 is 26.7. The normalized spacial score (nSPS) is 18.1. The molecule has 1 aromatic heterocycles. The molecular weight excluding hydrogens is 278 g/mol. The number of benzene rings is 1. The molecule has 0 atom stereocenters. The van der Waals surface area contributed by atoms with Gasteiger partial charge >= 0.3 is 0 Å². The first-order valence-corrected chi connectivity index (χ1v) is 7.67. The molecule has 0 saturated heterocycles. The summed E-state index contributed by atoms with van der Waals surface area (Å²) in [7, 11) is 0. The molecule has 0 unspecified atom stereocenters. The van der Waals surface area contributed by atoms with Crippen molar-refractivity contribution in [2.45, 2.75) is 37.6 Å². The molecule has 2 aromatic rings. The molecule has 0 aliphatic heterocycles. The molecular formula is C15H16F2N2S. The Balaban J connectivity index is 1.93. The molecule has 1 saturated carbocycles. The number of nitrogens with zero attached hydrogens (tertiary/aromatic N) is 1. The molecule has 106 valence electrons. The molecule has 0 spiro atoms. The van der Waals surface area contributed by atoms with E-state index in [1.165, 1.54) is 29.9 Å². The third-order valence-corrected chi connectivity index (χ3v) is 4.95. The second kappa shape index (κ2) is 5.22. The number of aromatic nitrogens is 1. The van der Waals surface area contributed by atoms with Crippen molar-refractivity contribution in [3.8, 4) is 11.3 Å². The maximum absolute atomic E-state index is 13.8. The molecule has 20 heavy (non-hydrogen) atoms. The lowest BCUT2D eigenvalue weighted by atomic mass is 9.83. The maximum Gasteiger partial charge on any atom is 0.135 e. The van der Waals surface area contributed by atoms with Gasteiger partial charge in [-0.15, -0.1) is 11.3 Å². The second-order valence-electron chi connectivity index (χ2n) is 5.38. The van der Waals surface area contributed by atoms with Gasteiger partial charge in [0, 0.05) is 17.0 Å². The number of halogens is 2. The van der Waals surface area contributed by atoms with Crippen molar-refractivity contribution in [1.82, 2.24) is 4.98 Å². The maximum atomic E-state index is 13.8. The molecule has 1 aromatic carbocycles. The first-order chi connectivity index (χ1) is 9.58. The van der Waals surface area contributed by atoms with Crippen LogP contribution in [0.5, 0.6) is 0 Å². The van der Waals surface area contributed by atoms with Crippen LogP contribution in [-0.4, -0.2) is 4.98 Å². The summed E-state index contributed by atoms with van der Waals surface area (Å²) in [5.41, 5.74) is 6.92. The van der Waals surface area contributed by atoms with E-state index in [9.17, 15) is 8.78 Å². The zero-order valence-electron chi connectivity index (χ0n) is 11.0. The molecule has 1 aliphatic carbocycles. The minimum Gasteiger partial charge on any atom is -0.319 e. The topological polar surface area (TPSA) is 38.9 Å². The molecule has 1 fully saturated rings. The molecule has 3 rings (SSSR count). The fraction of sp³-hybridized carbons (Fsp3) is 0.400. The number of nitrogens with two attached hydrogens (primary N) is 1. The van der Waals surface area contributed by atoms with E-state index in [0.717, 1.165) is 36.8 Å². The third kappa shape index (κ3) is 2.47. The quantitative estimate of drug-likeness (QED) is 0.901. The van der Waals surface area contributed by atoms with E-state index >= 15 is 0 Å². The summed E-state index contributed by atoms with van der Waals surface area (Å²) in [4.78, 5) is 4.50. The highest BCUT2D eigenvalue weighted by Crippen LogP contribution is 2.38. The predicted octanol–water partition coefficient (Wildman–Crippen LogP) is 4.21. The van der Waals surface area contributed by atoms with Crippen LogP contribution in [0, 0.1) is 11.6 Å². The van der Waals surface area contributed by atoms with Crippen molar-refractivity contribution >= 4 is 11.3 Å². The van der Waals surface area contributed by atoms with E-state index in [0.29, 0.717) is 11.3 Å². The average Bonchev–Trinajstić information content (AvgIpc) is 2.90. The summed E-state index contributed by atoms with van der Waals surface area (Å²) in [6, 6.07) is 3.55. The van der Waals surface area contributed by atoms with Crippen LogP contribution in [0.4, 0.5) is 8.78 Å². The van der Waals surface area contributed by atoms with Crippen molar-refractivity contribution in [1.29, 1.82) is 0 Å². The summed E-state index contributed by atoms with van der Waals surface area (Å²) in [5.74, 6) is -1.17. The Labute approximate surface area is 120 Å². The van der Waals surface area contributed by atoms with Crippen molar-refractivity contribution in [2.24, 2.45) is 5.73 Å². The van der Waals surface area contributed by atoms with Crippen molar-refractivity contribution in [3.05, 3.63) is 40.2 Å². The van der Waals surface area contributed by atoms with Crippen LogP contribution in [0.2, 0.25) is 0 Å². The minimum absolute atomic E-state index is 0.327. The lowest BCUT2D eigenvalue weighted by molar-refractivity contribution is 0.301. The Bertz CT molecular complexity index is 618. The lowest BCUT2D eigenvalue weighted by Gasteiger charge is -2.31. The van der Waals surface area contributed by atoms with Crippen molar-refractivity contribution in [2.75, 3.05) is 0 Å². The predicted molar refractivity (Wildman–Crippen MR) is 76.4 cm³/mol. The van der Waals surface area contributed by atoms with Gasteiger partial charge in [0.05, 0.1) is 11.2 Å². The van der Waals surface area contributed by atoms with Crippen LogP contribution in [0.3, 0.4) is 0 Å². The van der Waals surface area contributed by atoms with Gasteiger partial charge in [-0.1, -0.05) is 19.3 Å². The van der Waals surface area contributed by atoms with Gasteiger partial charge in [0.15, 0.2) is 0 Å². The zero-order valence-corrected chi connectivity index (χ0v) is 11.9. The van der Waals surface area contributed by atoms with E-state index in [4.69, 9.17) is 5.73 Å². The van der Waals surface area contributed by atoms with E-state index in [-0.39, 0.29) is 5.54 Å². The standard InChI is InChI=1S/C15H16F2N2S/c16-10-4-5-11(12(17)8-10)13-9-20-14(19-13)15(18)6-2-1-3-7-15/h4-5,8-9H,1-3,6-7,18H2. The molecule has 0 bridgehead atoms. The minimum atomic E-state index is -0.587. The highest BCUT2D eigenvalue weighted by molar-refractivity contribution is 7.10. The molecule has 1 heterocycles. The summed E-state index contributed by atoms with van der Waals surface area (Å²) in [5, 5.41) is 2.66. The van der Waals surface area contributed by atoms with Crippen LogP contribution < -0.4 is 5.73 Å². The lowest BCUT2D eigenvalue weighted by Crippen LogP contribution is -2.38. The zero-order chi connectivity index (χ0) is 14.2. The van der Waals surface area contributed by atoms with E-state index in [1.807, 2.05) is 0 Å². The van der Waals surface area contributed by atoms with E-state index in [2.05, 4.69) is 4.98 Å². The number of hydrogen-bond acceptors (Lipinski definition) is 3. The van der Waals surface area contributed by atoms with Crippen LogP contribution in [0.25, 0.3) is 11.3 Å². The Morgan fingerprint density at radius 2 is 1.90 bits per heavy atom. The fourth-order valence-electron chi connectivity index (χ4n) is 2.72. The molecule has 2 N–H and O–H groups in total. The van der Waals surface area contributed by atoms with Gasteiger partial charge in [-0.25, -0.2) is 13.8 Å². The number of hydrogen-bond donors (Lipinski definition) is 1. The first-order valence-electron chi connectivity index (χ1n) is 6.79. The van der Waals surface area contributed by atoms with Gasteiger partial charge in [0.1, 0.15) is 16.6 Å². The Kier molecular flexibility index (Phi) is 3.56. The summed E-state index contributed by atoms with van der Waals surface area (Å²) in [6.07, 6.45) is 5.27. The largest absolute Gasteiger partial charge is 0.319 e. The molecule has 0 amide bonds. The number of thiazole rings is 1. The third-order valence-electron chi connectivity index (χ3n) is 3.88. The Morgan fingerprint density at radius 3 is 2.60 bits per heavy atom. The summed E-state index contributed by atoms with van der Waals surface area (Å²) >= 11 is 1.47. The van der Waals surface area contributed by atoms with Gasteiger partial charge in [0.25, 0.3) is 0 Å². The van der Waals surface area contributed by atoms with Crippen LogP contribution in [-0.2, 0) is 5.54 Å².